The summed E-state index contributed by atoms with van der Waals surface area (Å²) in [6.45, 7) is 0. The summed E-state index contributed by atoms with van der Waals surface area (Å²) < 4.78 is 0. The molecule has 1 aliphatic heterocycles. The van der Waals surface area contributed by atoms with E-state index in [1.54, 1.807) is 0 Å². The topological polar surface area (TPSA) is 80.6 Å². The van der Waals surface area contributed by atoms with Crippen LogP contribution < -0.4 is 10.7 Å². The van der Waals surface area contributed by atoms with E-state index in [0.29, 0.717) is 16.1 Å². The van der Waals surface area contributed by atoms with Gasteiger partial charge in [0.15, 0.2) is 10.6 Å². The van der Waals surface area contributed by atoms with Gasteiger partial charge in [-0.05, 0) is 30.5 Å². The van der Waals surface area contributed by atoms with Gasteiger partial charge in [0.25, 0.3) is 5.56 Å². The van der Waals surface area contributed by atoms with E-state index in [-0.39, 0.29) is 22.5 Å². The Morgan fingerprint density at radius 1 is 0.889 bits per heavy atom. The smallest absolute Gasteiger partial charge is 0.276 e. The average molecular weight is 377 g/mol. The summed E-state index contributed by atoms with van der Waals surface area (Å²) in [5.41, 5.74) is 1.84. The van der Waals surface area contributed by atoms with Crippen molar-refractivity contribution in [3.63, 3.8) is 0 Å². The summed E-state index contributed by atoms with van der Waals surface area (Å²) in [5, 5.41) is 21.2. The predicted octanol–water partition coefficient (Wildman–Crippen LogP) is 4.30. The van der Waals surface area contributed by atoms with Crippen LogP contribution in [0.4, 0.5) is 11.4 Å². The van der Waals surface area contributed by atoms with Gasteiger partial charge in [-0.3, -0.25) is 4.79 Å². The number of H-pyrrole nitrogens is 1. The summed E-state index contributed by atoms with van der Waals surface area (Å²) in [6, 6.07) is 18.8. The van der Waals surface area contributed by atoms with Crippen molar-refractivity contribution in [3.05, 3.63) is 71.0 Å². The van der Waals surface area contributed by atoms with E-state index in [0.717, 1.165) is 29.9 Å². The van der Waals surface area contributed by atoms with Gasteiger partial charge in [0.1, 0.15) is 11.5 Å². The van der Waals surface area contributed by atoms with Gasteiger partial charge in [0, 0.05) is 16.8 Å². The van der Waals surface area contributed by atoms with Crippen LogP contribution in [0.25, 0.3) is 11.1 Å². The molecule has 136 valence electrons. The van der Waals surface area contributed by atoms with E-state index in [1.165, 1.54) is 0 Å². The van der Waals surface area contributed by atoms with E-state index in [2.05, 4.69) is 15.2 Å². The third-order valence-corrected chi connectivity index (χ3v) is 7.05. The van der Waals surface area contributed by atoms with Gasteiger partial charge in [-0.25, -0.2) is 0 Å². The number of aromatic amines is 1. The molecule has 3 aromatic rings. The monoisotopic (exact) mass is 377 g/mol. The van der Waals surface area contributed by atoms with Crippen LogP contribution in [-0.4, -0.2) is 16.5 Å². The summed E-state index contributed by atoms with van der Waals surface area (Å²) in [4.78, 5) is 15.8. The molecule has 0 aliphatic carbocycles. The molecule has 1 fully saturated rings. The van der Waals surface area contributed by atoms with Gasteiger partial charge >= 0.3 is 0 Å². The standard InChI is InChI=1S/C21H19N3O2S/c25-20-18(24-23-16-11-5-2-6-12-16)17(15-9-3-1-4-10-15)19(21(26)22-20)27-13-7-8-14-27/h1-6,9-12H,7-8,13-14H2,(H-,22,23,25,26). The highest BCUT2D eigenvalue weighted by Crippen LogP contribution is 2.40. The van der Waals surface area contributed by atoms with Gasteiger partial charge in [0.2, 0.25) is 0 Å². The van der Waals surface area contributed by atoms with E-state index in [4.69, 9.17) is 0 Å². The predicted molar refractivity (Wildman–Crippen MR) is 107 cm³/mol. The summed E-state index contributed by atoms with van der Waals surface area (Å²) in [7, 11) is -0.165. The van der Waals surface area contributed by atoms with Crippen molar-refractivity contribution in [3.8, 4) is 17.0 Å². The number of azo groups is 1. The molecule has 2 aromatic carbocycles. The van der Waals surface area contributed by atoms with Crippen LogP contribution in [0.15, 0.2) is 80.6 Å². The molecule has 0 saturated carbocycles. The van der Waals surface area contributed by atoms with Crippen molar-refractivity contribution in [2.45, 2.75) is 17.7 Å². The van der Waals surface area contributed by atoms with Gasteiger partial charge in [0.05, 0.1) is 11.3 Å². The Balaban J connectivity index is 1.93. The van der Waals surface area contributed by atoms with Crippen LogP contribution in [0.5, 0.6) is 5.88 Å². The highest BCUT2D eigenvalue weighted by atomic mass is 32.2. The molecule has 5 nitrogen and oxygen atoms in total. The molecule has 0 bridgehead atoms. The highest BCUT2D eigenvalue weighted by Gasteiger charge is 2.33. The molecule has 1 aromatic heterocycles. The largest absolute Gasteiger partial charge is 0.857 e. The lowest BCUT2D eigenvalue weighted by Gasteiger charge is -2.17. The third kappa shape index (κ3) is 3.66. The highest BCUT2D eigenvalue weighted by molar-refractivity contribution is 7.97. The van der Waals surface area contributed by atoms with Crippen LogP contribution in [0.2, 0.25) is 0 Å². The molecule has 1 N–H and O–H groups in total. The first-order valence-electron chi connectivity index (χ1n) is 8.91. The maximum atomic E-state index is 12.7. The fourth-order valence-electron chi connectivity index (χ4n) is 3.26. The average Bonchev–Trinajstić information content (AvgIpc) is 3.22. The van der Waals surface area contributed by atoms with E-state index >= 15 is 0 Å². The molecule has 1 saturated heterocycles. The van der Waals surface area contributed by atoms with Crippen LogP contribution in [0.3, 0.4) is 0 Å². The molecule has 0 atom stereocenters. The normalized spacial score (nSPS) is 14.8. The zero-order chi connectivity index (χ0) is 18.6. The van der Waals surface area contributed by atoms with Gasteiger partial charge in [-0.1, -0.05) is 48.5 Å². The Morgan fingerprint density at radius 2 is 1.52 bits per heavy atom. The number of nitrogens with zero attached hydrogens (tertiary/aromatic N) is 2. The first-order valence-corrected chi connectivity index (χ1v) is 10.5. The molecule has 6 heteroatoms. The quantitative estimate of drug-likeness (QED) is 0.543. The third-order valence-electron chi connectivity index (χ3n) is 4.52. The summed E-state index contributed by atoms with van der Waals surface area (Å²) >= 11 is 0. The lowest BCUT2D eigenvalue weighted by atomic mass is 10.1. The lowest BCUT2D eigenvalue weighted by molar-refractivity contribution is -0.279. The molecule has 0 spiro atoms. The Labute approximate surface area is 160 Å². The SMILES string of the molecule is O=c1[nH]c([O-])c([S+]2CCCC2)c(-c2ccccc2)c1N=Nc1ccccc1. The number of aromatic nitrogens is 1. The number of hydrogen-bond donors (Lipinski definition) is 1. The second kappa shape index (κ2) is 7.80. The van der Waals surface area contributed by atoms with Crippen molar-refractivity contribution < 1.29 is 5.11 Å². The van der Waals surface area contributed by atoms with Crippen molar-refractivity contribution in [1.29, 1.82) is 0 Å². The number of rotatable bonds is 4. The summed E-state index contributed by atoms with van der Waals surface area (Å²) in [6.07, 6.45) is 2.22. The number of hydrogen-bond acceptors (Lipinski definition) is 4. The molecular weight excluding hydrogens is 358 g/mol. The van der Waals surface area contributed by atoms with E-state index in [1.807, 2.05) is 60.7 Å². The Bertz CT molecular complexity index is 1010. The second-order valence-electron chi connectivity index (χ2n) is 6.35. The zero-order valence-electron chi connectivity index (χ0n) is 14.7. The fourth-order valence-corrected chi connectivity index (χ4v) is 5.79. The molecule has 2 heterocycles. The molecule has 0 radical (unpaired) electrons. The van der Waals surface area contributed by atoms with Crippen molar-refractivity contribution >= 4 is 22.3 Å². The minimum Gasteiger partial charge on any atom is -0.857 e. The van der Waals surface area contributed by atoms with Gasteiger partial charge < -0.3 is 10.1 Å². The van der Waals surface area contributed by atoms with Crippen LogP contribution in [0.1, 0.15) is 12.8 Å². The number of pyridine rings is 1. The van der Waals surface area contributed by atoms with Crippen molar-refractivity contribution in [1.82, 2.24) is 4.98 Å². The van der Waals surface area contributed by atoms with Gasteiger partial charge in [-0.15, -0.1) is 5.11 Å². The minimum atomic E-state index is -0.495. The van der Waals surface area contributed by atoms with Crippen LogP contribution >= 0.6 is 0 Å². The molecule has 0 unspecified atom stereocenters. The van der Waals surface area contributed by atoms with Crippen LogP contribution in [-0.2, 0) is 10.9 Å². The maximum Gasteiger partial charge on any atom is 0.276 e. The Morgan fingerprint density at radius 3 is 2.19 bits per heavy atom. The molecule has 4 rings (SSSR count). The number of nitrogens with one attached hydrogen (secondary N) is 1. The second-order valence-corrected chi connectivity index (χ2v) is 8.56. The maximum absolute atomic E-state index is 12.7. The van der Waals surface area contributed by atoms with Gasteiger partial charge in [-0.2, -0.15) is 5.11 Å². The van der Waals surface area contributed by atoms with Crippen LogP contribution in [0, 0.1) is 0 Å². The Hall–Kier alpha value is -2.86. The van der Waals surface area contributed by atoms with E-state index < -0.39 is 5.56 Å². The first-order chi connectivity index (χ1) is 13.2. The fraction of sp³-hybridized carbons (Fsp3) is 0.190. The zero-order valence-corrected chi connectivity index (χ0v) is 15.5. The molecule has 1 aliphatic rings. The van der Waals surface area contributed by atoms with E-state index in [9.17, 15) is 9.90 Å². The lowest BCUT2D eigenvalue weighted by Crippen LogP contribution is -2.18. The minimum absolute atomic E-state index is 0.165. The first kappa shape index (κ1) is 17.5. The number of benzene rings is 2. The Kier molecular flexibility index (Phi) is 5.07. The molecular formula is C21H19N3O2S. The van der Waals surface area contributed by atoms with Crippen molar-refractivity contribution in [2.24, 2.45) is 10.2 Å². The van der Waals surface area contributed by atoms with Crippen molar-refractivity contribution in [2.75, 3.05) is 11.5 Å². The molecule has 0 amide bonds. The summed E-state index contributed by atoms with van der Waals surface area (Å²) in [5.74, 6) is 1.68. The molecule has 27 heavy (non-hydrogen) atoms.